The third-order valence-corrected chi connectivity index (χ3v) is 4.30. The number of aromatic nitrogens is 3. The number of anilines is 3. The van der Waals surface area contributed by atoms with E-state index in [4.69, 9.17) is 0 Å². The van der Waals surface area contributed by atoms with E-state index < -0.39 is 0 Å². The molecule has 2 aromatic rings. The first-order valence-corrected chi connectivity index (χ1v) is 8.83. The Morgan fingerprint density at radius 1 is 1.04 bits per heavy atom. The van der Waals surface area contributed by atoms with Crippen LogP contribution in [0.4, 0.5) is 17.3 Å². The zero-order valence-electron chi connectivity index (χ0n) is 14.2. The van der Waals surface area contributed by atoms with Crippen molar-refractivity contribution in [1.29, 1.82) is 0 Å². The van der Waals surface area contributed by atoms with Gasteiger partial charge in [0.25, 0.3) is 0 Å². The van der Waals surface area contributed by atoms with E-state index >= 15 is 0 Å². The number of amides is 1. The van der Waals surface area contributed by atoms with Crippen LogP contribution in [-0.2, 0) is 4.79 Å². The third-order valence-electron chi connectivity index (χ3n) is 4.30. The summed E-state index contributed by atoms with van der Waals surface area (Å²) in [6.45, 7) is 1.22. The fraction of sp³-hybridized carbons (Fsp3) is 0.444. The number of hydrogen-bond acceptors (Lipinski definition) is 6. The molecule has 25 heavy (non-hydrogen) atoms. The Morgan fingerprint density at radius 3 is 2.56 bits per heavy atom. The van der Waals surface area contributed by atoms with E-state index in [0.717, 1.165) is 18.5 Å². The lowest BCUT2D eigenvalue weighted by Gasteiger charge is -2.20. The van der Waals surface area contributed by atoms with Crippen LogP contribution in [0.2, 0.25) is 0 Å². The molecule has 1 amide bonds. The van der Waals surface area contributed by atoms with Crippen LogP contribution in [0.1, 0.15) is 32.1 Å². The van der Waals surface area contributed by atoms with Gasteiger partial charge in [-0.3, -0.25) is 9.78 Å². The molecule has 0 bridgehead atoms. The Labute approximate surface area is 147 Å². The van der Waals surface area contributed by atoms with Gasteiger partial charge >= 0.3 is 0 Å². The van der Waals surface area contributed by atoms with Crippen molar-refractivity contribution in [2.45, 2.75) is 32.1 Å². The Bertz CT molecular complexity index is 655. The van der Waals surface area contributed by atoms with E-state index in [2.05, 4.69) is 31.1 Å². The quantitative estimate of drug-likeness (QED) is 0.671. The van der Waals surface area contributed by atoms with E-state index in [1.807, 2.05) is 24.3 Å². The maximum Gasteiger partial charge on any atom is 0.223 e. The van der Waals surface area contributed by atoms with Crippen molar-refractivity contribution in [3.05, 3.63) is 36.7 Å². The normalized spacial score (nSPS) is 14.7. The molecule has 3 rings (SSSR count). The second kappa shape index (κ2) is 8.96. The molecule has 2 heterocycles. The van der Waals surface area contributed by atoms with Crippen LogP contribution in [0.3, 0.4) is 0 Å². The second-order valence-corrected chi connectivity index (χ2v) is 6.22. The summed E-state index contributed by atoms with van der Waals surface area (Å²) < 4.78 is 0. The molecule has 0 aliphatic heterocycles. The zero-order valence-corrected chi connectivity index (χ0v) is 14.2. The maximum atomic E-state index is 12.0. The highest BCUT2D eigenvalue weighted by atomic mass is 16.1. The number of pyridine rings is 1. The van der Waals surface area contributed by atoms with Crippen LogP contribution in [-0.4, -0.2) is 34.2 Å². The summed E-state index contributed by atoms with van der Waals surface area (Å²) in [5.74, 6) is 1.72. The Morgan fingerprint density at radius 2 is 1.84 bits per heavy atom. The van der Waals surface area contributed by atoms with E-state index in [9.17, 15) is 4.79 Å². The molecule has 0 aromatic carbocycles. The minimum atomic E-state index is 0.184. The predicted molar refractivity (Wildman–Crippen MR) is 97.6 cm³/mol. The number of carbonyl (C=O) groups is 1. The predicted octanol–water partition coefficient (Wildman–Crippen LogP) is 2.72. The molecule has 1 fully saturated rings. The average molecular weight is 340 g/mol. The fourth-order valence-electron chi connectivity index (χ4n) is 2.96. The Hall–Kier alpha value is -2.70. The molecular weight excluding hydrogens is 316 g/mol. The summed E-state index contributed by atoms with van der Waals surface area (Å²) in [5, 5.41) is 17.5. The lowest BCUT2D eigenvalue weighted by atomic mass is 9.89. The molecule has 0 spiro atoms. The minimum absolute atomic E-state index is 0.184. The van der Waals surface area contributed by atoms with Crippen molar-refractivity contribution in [2.24, 2.45) is 5.92 Å². The summed E-state index contributed by atoms with van der Waals surface area (Å²) in [6, 6.07) is 7.47. The van der Waals surface area contributed by atoms with Crippen LogP contribution in [0.25, 0.3) is 0 Å². The van der Waals surface area contributed by atoms with E-state index in [-0.39, 0.29) is 11.8 Å². The third kappa shape index (κ3) is 5.41. The maximum absolute atomic E-state index is 12.0. The van der Waals surface area contributed by atoms with Gasteiger partial charge < -0.3 is 16.0 Å². The summed E-state index contributed by atoms with van der Waals surface area (Å²) in [5.41, 5.74) is 0.864. The van der Waals surface area contributed by atoms with Gasteiger partial charge in [0.15, 0.2) is 5.82 Å². The summed E-state index contributed by atoms with van der Waals surface area (Å²) in [7, 11) is 0. The van der Waals surface area contributed by atoms with Crippen LogP contribution >= 0.6 is 0 Å². The molecule has 0 unspecified atom stereocenters. The first-order chi connectivity index (χ1) is 12.3. The number of nitrogens with one attached hydrogen (secondary N) is 3. The molecule has 2 aromatic heterocycles. The van der Waals surface area contributed by atoms with E-state index in [1.54, 1.807) is 12.4 Å². The highest BCUT2D eigenvalue weighted by Crippen LogP contribution is 2.23. The van der Waals surface area contributed by atoms with Crippen LogP contribution in [0, 0.1) is 5.92 Å². The smallest absolute Gasteiger partial charge is 0.223 e. The molecule has 1 aliphatic rings. The molecule has 1 aliphatic carbocycles. The molecule has 7 heteroatoms. The Balaban J connectivity index is 1.37. The molecule has 0 atom stereocenters. The van der Waals surface area contributed by atoms with Crippen molar-refractivity contribution in [3.8, 4) is 0 Å². The van der Waals surface area contributed by atoms with Gasteiger partial charge in [-0.2, -0.15) is 0 Å². The molecule has 3 N–H and O–H groups in total. The van der Waals surface area contributed by atoms with Crippen LogP contribution < -0.4 is 16.0 Å². The first kappa shape index (κ1) is 17.1. The van der Waals surface area contributed by atoms with Gasteiger partial charge in [-0.25, -0.2) is 0 Å². The molecule has 1 saturated carbocycles. The van der Waals surface area contributed by atoms with Gasteiger partial charge in [0.1, 0.15) is 5.82 Å². The number of nitrogens with zero attached hydrogens (tertiary/aromatic N) is 3. The zero-order chi connectivity index (χ0) is 17.3. The first-order valence-electron chi connectivity index (χ1n) is 8.83. The van der Waals surface area contributed by atoms with Gasteiger partial charge in [-0.15, -0.1) is 10.2 Å². The lowest BCUT2D eigenvalue weighted by Crippen LogP contribution is -2.35. The summed E-state index contributed by atoms with van der Waals surface area (Å²) >= 11 is 0. The molecular formula is C18H24N6O. The largest absolute Gasteiger partial charge is 0.367 e. The molecule has 132 valence electrons. The van der Waals surface area contributed by atoms with Crippen LogP contribution in [0.5, 0.6) is 0 Å². The Kier molecular flexibility index (Phi) is 6.14. The van der Waals surface area contributed by atoms with Crippen molar-refractivity contribution in [1.82, 2.24) is 20.5 Å². The van der Waals surface area contributed by atoms with E-state index in [0.29, 0.717) is 24.7 Å². The number of rotatable bonds is 7. The van der Waals surface area contributed by atoms with Crippen molar-refractivity contribution in [3.63, 3.8) is 0 Å². The topological polar surface area (TPSA) is 91.8 Å². The van der Waals surface area contributed by atoms with Gasteiger partial charge in [0.05, 0.1) is 11.9 Å². The number of hydrogen-bond donors (Lipinski definition) is 3. The average Bonchev–Trinajstić information content (AvgIpc) is 2.68. The highest BCUT2D eigenvalue weighted by Gasteiger charge is 2.20. The SMILES string of the molecule is O=C(NCCNc1ccc(Nc2cccnc2)nn1)C1CCCCC1. The highest BCUT2D eigenvalue weighted by molar-refractivity contribution is 5.78. The van der Waals surface area contributed by atoms with Gasteiger partial charge in [-0.1, -0.05) is 19.3 Å². The monoisotopic (exact) mass is 340 g/mol. The van der Waals surface area contributed by atoms with Gasteiger partial charge in [-0.05, 0) is 37.1 Å². The molecule has 0 radical (unpaired) electrons. The fourth-order valence-corrected chi connectivity index (χ4v) is 2.96. The standard InChI is InChI=1S/C18H24N6O/c25-18(14-5-2-1-3-6-14)21-12-11-20-16-8-9-17(24-23-16)22-15-7-4-10-19-13-15/h4,7-10,13-14H,1-3,5-6,11-12H2,(H,20,23)(H,21,25)(H,22,24). The van der Waals surface area contributed by atoms with Crippen molar-refractivity contribution < 1.29 is 4.79 Å². The van der Waals surface area contributed by atoms with Crippen LogP contribution in [0.15, 0.2) is 36.7 Å². The summed E-state index contributed by atoms with van der Waals surface area (Å²) in [4.78, 5) is 16.1. The van der Waals surface area contributed by atoms with Gasteiger partial charge in [0, 0.05) is 25.2 Å². The number of carbonyl (C=O) groups excluding carboxylic acids is 1. The lowest BCUT2D eigenvalue weighted by molar-refractivity contribution is -0.125. The van der Waals surface area contributed by atoms with Crippen molar-refractivity contribution in [2.75, 3.05) is 23.7 Å². The van der Waals surface area contributed by atoms with Crippen molar-refractivity contribution >= 4 is 23.2 Å². The van der Waals surface area contributed by atoms with Gasteiger partial charge in [0.2, 0.25) is 5.91 Å². The molecule has 0 saturated heterocycles. The molecule has 7 nitrogen and oxygen atoms in total. The minimum Gasteiger partial charge on any atom is -0.367 e. The summed E-state index contributed by atoms with van der Waals surface area (Å²) in [6.07, 6.45) is 9.10. The van der Waals surface area contributed by atoms with E-state index in [1.165, 1.54) is 19.3 Å². The second-order valence-electron chi connectivity index (χ2n) is 6.22.